The first kappa shape index (κ1) is 15.4. The Morgan fingerprint density at radius 1 is 1.18 bits per heavy atom. The van der Waals surface area contributed by atoms with E-state index in [1.54, 1.807) is 31.2 Å². The largest absolute Gasteiger partial charge is 0.374 e. The second kappa shape index (κ2) is 6.68. The van der Waals surface area contributed by atoms with Crippen LogP contribution in [0.4, 0.5) is 20.2 Å². The summed E-state index contributed by atoms with van der Waals surface area (Å²) in [6.07, 6.45) is 0. The van der Waals surface area contributed by atoms with Crippen LogP contribution in [-0.4, -0.2) is 11.9 Å². The number of hydrogen-bond acceptors (Lipinski definition) is 3. The lowest BCUT2D eigenvalue weighted by Crippen LogP contribution is -2.32. The molecule has 0 fully saturated rings. The van der Waals surface area contributed by atoms with Gasteiger partial charge in [-0.1, -0.05) is 12.1 Å². The molecule has 2 N–H and O–H groups in total. The fourth-order valence-electron chi connectivity index (χ4n) is 1.83. The molecule has 0 aliphatic carbocycles. The number of benzene rings is 2. The second-order valence-corrected chi connectivity index (χ2v) is 4.64. The van der Waals surface area contributed by atoms with Crippen molar-refractivity contribution in [1.29, 1.82) is 5.26 Å². The van der Waals surface area contributed by atoms with Gasteiger partial charge in [0.1, 0.15) is 12.1 Å². The van der Waals surface area contributed by atoms with Crippen molar-refractivity contribution >= 4 is 17.3 Å². The van der Waals surface area contributed by atoms with E-state index in [9.17, 15) is 13.6 Å². The molecule has 22 heavy (non-hydrogen) atoms. The number of hydrogen-bond donors (Lipinski definition) is 2. The molecule has 0 aromatic heterocycles. The SMILES string of the molecule is CC(Nc1ccc(F)c(F)c1)C(=O)Nc1ccccc1C#N. The van der Waals surface area contributed by atoms with Gasteiger partial charge in [0.15, 0.2) is 11.6 Å². The zero-order chi connectivity index (χ0) is 16.1. The van der Waals surface area contributed by atoms with E-state index >= 15 is 0 Å². The third kappa shape index (κ3) is 3.58. The predicted octanol–water partition coefficient (Wildman–Crippen LogP) is 3.28. The standard InChI is InChI=1S/C16H13F2N3O/c1-10(20-12-6-7-13(17)14(18)8-12)16(22)21-15-5-3-2-4-11(15)9-19/h2-8,10,20H,1H3,(H,21,22). The minimum atomic E-state index is -0.993. The van der Waals surface area contributed by atoms with E-state index in [-0.39, 0.29) is 5.69 Å². The predicted molar refractivity (Wildman–Crippen MR) is 79.2 cm³/mol. The van der Waals surface area contributed by atoms with Crippen LogP contribution in [-0.2, 0) is 4.79 Å². The minimum absolute atomic E-state index is 0.287. The van der Waals surface area contributed by atoms with Crippen molar-refractivity contribution in [2.24, 2.45) is 0 Å². The van der Waals surface area contributed by atoms with Gasteiger partial charge in [0.25, 0.3) is 0 Å². The zero-order valence-corrected chi connectivity index (χ0v) is 11.7. The molecule has 0 saturated carbocycles. The normalized spacial score (nSPS) is 11.4. The Morgan fingerprint density at radius 3 is 2.59 bits per heavy atom. The topological polar surface area (TPSA) is 64.9 Å². The van der Waals surface area contributed by atoms with E-state index in [0.29, 0.717) is 11.3 Å². The van der Waals surface area contributed by atoms with Crippen molar-refractivity contribution in [2.75, 3.05) is 10.6 Å². The number of nitrogens with one attached hydrogen (secondary N) is 2. The highest BCUT2D eigenvalue weighted by Gasteiger charge is 2.15. The number of halogens is 2. The Morgan fingerprint density at radius 2 is 1.91 bits per heavy atom. The quantitative estimate of drug-likeness (QED) is 0.911. The lowest BCUT2D eigenvalue weighted by atomic mass is 10.2. The number of carbonyl (C=O) groups is 1. The van der Waals surface area contributed by atoms with Crippen molar-refractivity contribution in [3.05, 3.63) is 59.7 Å². The summed E-state index contributed by atoms with van der Waals surface area (Å²) in [7, 11) is 0. The fraction of sp³-hybridized carbons (Fsp3) is 0.125. The first-order valence-corrected chi connectivity index (χ1v) is 6.53. The maximum absolute atomic E-state index is 13.1. The molecule has 0 saturated heterocycles. The summed E-state index contributed by atoms with van der Waals surface area (Å²) in [6, 6.07) is 11.2. The summed E-state index contributed by atoms with van der Waals surface area (Å²) in [4.78, 5) is 12.1. The molecule has 0 aliphatic rings. The molecule has 1 atom stereocenters. The molecule has 1 unspecified atom stereocenters. The molecule has 0 heterocycles. The van der Waals surface area contributed by atoms with Gasteiger partial charge in [-0.25, -0.2) is 8.78 Å². The molecule has 2 aromatic rings. The number of rotatable bonds is 4. The van der Waals surface area contributed by atoms with E-state index in [1.165, 1.54) is 6.07 Å². The average Bonchev–Trinajstić information content (AvgIpc) is 2.51. The molecule has 6 heteroatoms. The molecule has 2 rings (SSSR count). The van der Waals surface area contributed by atoms with Gasteiger partial charge >= 0.3 is 0 Å². The maximum Gasteiger partial charge on any atom is 0.246 e. The zero-order valence-electron chi connectivity index (χ0n) is 11.7. The van der Waals surface area contributed by atoms with Crippen LogP contribution in [0.25, 0.3) is 0 Å². The summed E-state index contributed by atoms with van der Waals surface area (Å²) < 4.78 is 26.0. The van der Waals surface area contributed by atoms with Crippen LogP contribution in [0.5, 0.6) is 0 Å². The van der Waals surface area contributed by atoms with Crippen molar-refractivity contribution in [2.45, 2.75) is 13.0 Å². The van der Waals surface area contributed by atoms with E-state index in [4.69, 9.17) is 5.26 Å². The van der Waals surface area contributed by atoms with Crippen LogP contribution >= 0.6 is 0 Å². The van der Waals surface area contributed by atoms with E-state index in [0.717, 1.165) is 12.1 Å². The van der Waals surface area contributed by atoms with E-state index in [1.807, 2.05) is 6.07 Å². The number of anilines is 2. The van der Waals surface area contributed by atoms with Gasteiger partial charge in [-0.15, -0.1) is 0 Å². The smallest absolute Gasteiger partial charge is 0.246 e. The van der Waals surface area contributed by atoms with Gasteiger partial charge in [-0.2, -0.15) is 5.26 Å². The highest BCUT2D eigenvalue weighted by atomic mass is 19.2. The highest BCUT2D eigenvalue weighted by Crippen LogP contribution is 2.16. The number of nitriles is 1. The van der Waals surface area contributed by atoms with Gasteiger partial charge in [-0.3, -0.25) is 4.79 Å². The van der Waals surface area contributed by atoms with Gasteiger partial charge in [0.2, 0.25) is 5.91 Å². The van der Waals surface area contributed by atoms with E-state index in [2.05, 4.69) is 10.6 Å². The van der Waals surface area contributed by atoms with E-state index < -0.39 is 23.6 Å². The molecule has 112 valence electrons. The summed E-state index contributed by atoms with van der Waals surface area (Å²) in [5, 5.41) is 14.3. The van der Waals surface area contributed by atoms with Crippen LogP contribution in [0, 0.1) is 23.0 Å². The Labute approximate surface area is 126 Å². The maximum atomic E-state index is 13.1. The molecule has 0 spiro atoms. The van der Waals surface area contributed by atoms with Gasteiger partial charge < -0.3 is 10.6 Å². The lowest BCUT2D eigenvalue weighted by Gasteiger charge is -2.16. The average molecular weight is 301 g/mol. The second-order valence-electron chi connectivity index (χ2n) is 4.64. The highest BCUT2D eigenvalue weighted by molar-refractivity contribution is 5.97. The number of para-hydroxylation sites is 1. The monoisotopic (exact) mass is 301 g/mol. The number of amides is 1. The number of carbonyl (C=O) groups excluding carboxylic acids is 1. The summed E-state index contributed by atoms with van der Waals surface area (Å²) >= 11 is 0. The molecule has 4 nitrogen and oxygen atoms in total. The first-order chi connectivity index (χ1) is 10.5. The van der Waals surface area contributed by atoms with Gasteiger partial charge in [0, 0.05) is 11.8 Å². The molecule has 0 aliphatic heterocycles. The van der Waals surface area contributed by atoms with Gasteiger partial charge in [0.05, 0.1) is 11.3 Å². The van der Waals surface area contributed by atoms with Crippen LogP contribution in [0.2, 0.25) is 0 Å². The summed E-state index contributed by atoms with van der Waals surface area (Å²) in [5.41, 5.74) is 1.03. The van der Waals surface area contributed by atoms with Crippen LogP contribution in [0.15, 0.2) is 42.5 Å². The molecular weight excluding hydrogens is 288 g/mol. The fourth-order valence-corrected chi connectivity index (χ4v) is 1.83. The Bertz CT molecular complexity index is 740. The van der Waals surface area contributed by atoms with Crippen molar-refractivity contribution in [1.82, 2.24) is 0 Å². The lowest BCUT2D eigenvalue weighted by molar-refractivity contribution is -0.116. The van der Waals surface area contributed by atoms with Crippen molar-refractivity contribution < 1.29 is 13.6 Å². The Kier molecular flexibility index (Phi) is 4.69. The summed E-state index contributed by atoms with van der Waals surface area (Å²) in [6.45, 7) is 1.57. The molecular formula is C16H13F2N3O. The minimum Gasteiger partial charge on any atom is -0.374 e. The summed E-state index contributed by atoms with van der Waals surface area (Å²) in [5.74, 6) is -2.34. The molecule has 1 amide bonds. The third-order valence-electron chi connectivity index (χ3n) is 3.00. The number of nitrogens with zero attached hydrogens (tertiary/aromatic N) is 1. The van der Waals surface area contributed by atoms with Crippen molar-refractivity contribution in [3.8, 4) is 6.07 Å². The molecule has 0 radical (unpaired) electrons. The Balaban J connectivity index is 2.06. The van der Waals surface area contributed by atoms with Crippen molar-refractivity contribution in [3.63, 3.8) is 0 Å². The Hall–Kier alpha value is -2.94. The van der Waals surface area contributed by atoms with Crippen LogP contribution in [0.1, 0.15) is 12.5 Å². The molecule has 2 aromatic carbocycles. The van der Waals surface area contributed by atoms with Crippen LogP contribution < -0.4 is 10.6 Å². The third-order valence-corrected chi connectivity index (χ3v) is 3.00. The van der Waals surface area contributed by atoms with Crippen LogP contribution in [0.3, 0.4) is 0 Å². The van der Waals surface area contributed by atoms with Gasteiger partial charge in [-0.05, 0) is 31.2 Å². The molecule has 0 bridgehead atoms. The first-order valence-electron chi connectivity index (χ1n) is 6.53.